The first-order valence-electron chi connectivity index (χ1n) is 9.77. The number of amides is 1. The second-order valence-electron chi connectivity index (χ2n) is 7.56. The fraction of sp³-hybridized carbons (Fsp3) is 0.167. The molecule has 0 radical (unpaired) electrons. The second kappa shape index (κ2) is 7.41. The molecule has 0 spiro atoms. The molecule has 0 saturated carbocycles. The van der Waals surface area contributed by atoms with E-state index in [4.69, 9.17) is 21.1 Å². The molecule has 0 aliphatic carbocycles. The number of ketones is 1. The Hall–Kier alpha value is -3.35. The summed E-state index contributed by atoms with van der Waals surface area (Å²) in [6.45, 7) is 0.357. The average Bonchev–Trinajstić information content (AvgIpc) is 3.32. The number of rotatable bonds is 5. The number of nitrogens with zero attached hydrogens (tertiary/aromatic N) is 1. The minimum atomic E-state index is -1.95. The monoisotopic (exact) mass is 435 g/mol. The highest BCUT2D eigenvalue weighted by molar-refractivity contribution is 6.30. The number of ether oxygens (including phenoxy) is 2. The zero-order valence-electron chi connectivity index (χ0n) is 16.4. The molecule has 0 bridgehead atoms. The minimum Gasteiger partial charge on any atom is -0.454 e. The van der Waals surface area contributed by atoms with Gasteiger partial charge in [0.25, 0.3) is 5.91 Å². The van der Waals surface area contributed by atoms with Gasteiger partial charge in [0, 0.05) is 16.1 Å². The third-order valence-electron chi connectivity index (χ3n) is 5.60. The van der Waals surface area contributed by atoms with Crippen molar-refractivity contribution in [3.05, 3.63) is 88.4 Å². The van der Waals surface area contributed by atoms with E-state index in [1.165, 1.54) is 4.90 Å². The molecule has 2 aliphatic rings. The normalized spacial score (nSPS) is 18.9. The summed E-state index contributed by atoms with van der Waals surface area (Å²) in [6, 6.07) is 19.0. The summed E-state index contributed by atoms with van der Waals surface area (Å²) >= 11 is 5.96. The summed E-state index contributed by atoms with van der Waals surface area (Å²) in [4.78, 5) is 27.9. The van der Waals surface area contributed by atoms with Crippen LogP contribution in [0.2, 0.25) is 5.02 Å². The highest BCUT2D eigenvalue weighted by Gasteiger charge is 2.50. The molecule has 3 aromatic rings. The lowest BCUT2D eigenvalue weighted by Gasteiger charge is -2.23. The van der Waals surface area contributed by atoms with E-state index < -0.39 is 11.5 Å². The number of Topliss-reactive ketones (excluding diaryl/α,β-unsaturated/α-hetero) is 1. The fourth-order valence-electron chi connectivity index (χ4n) is 4.01. The smallest absolute Gasteiger partial charge is 0.264 e. The number of para-hydroxylation sites is 1. The van der Waals surface area contributed by atoms with Crippen LogP contribution in [0.4, 0.5) is 5.69 Å². The van der Waals surface area contributed by atoms with Gasteiger partial charge in [-0.2, -0.15) is 0 Å². The van der Waals surface area contributed by atoms with Crippen LogP contribution in [0.25, 0.3) is 0 Å². The van der Waals surface area contributed by atoms with Gasteiger partial charge in [-0.15, -0.1) is 0 Å². The van der Waals surface area contributed by atoms with E-state index in [0.29, 0.717) is 33.3 Å². The van der Waals surface area contributed by atoms with E-state index in [1.54, 1.807) is 54.6 Å². The quantitative estimate of drug-likeness (QED) is 0.611. The molecule has 0 aromatic heterocycles. The predicted octanol–water partition coefficient (Wildman–Crippen LogP) is 4.08. The van der Waals surface area contributed by atoms with Gasteiger partial charge in [0.05, 0.1) is 18.7 Å². The van der Waals surface area contributed by atoms with Crippen LogP contribution in [0.3, 0.4) is 0 Å². The molecule has 1 atom stereocenters. The van der Waals surface area contributed by atoms with Crippen LogP contribution in [0.1, 0.15) is 27.9 Å². The molecule has 0 unspecified atom stereocenters. The molecular weight excluding hydrogens is 418 g/mol. The largest absolute Gasteiger partial charge is 0.454 e. The predicted molar refractivity (Wildman–Crippen MR) is 114 cm³/mol. The number of aliphatic hydroxyl groups is 1. The highest BCUT2D eigenvalue weighted by atomic mass is 35.5. The van der Waals surface area contributed by atoms with Crippen LogP contribution in [0.15, 0.2) is 66.7 Å². The van der Waals surface area contributed by atoms with E-state index in [2.05, 4.69) is 0 Å². The summed E-state index contributed by atoms with van der Waals surface area (Å²) in [5.41, 5.74) is 0.265. The number of halogens is 1. The Morgan fingerprint density at radius 1 is 1.03 bits per heavy atom. The lowest BCUT2D eigenvalue weighted by Crippen LogP contribution is -2.41. The van der Waals surface area contributed by atoms with Crippen molar-refractivity contribution in [1.29, 1.82) is 0 Å². The SMILES string of the molecule is O=C(C[C@]1(O)C(=O)N(Cc2ccc(Cl)cc2)c2ccccc21)c1ccc2c(c1)OCO2. The number of hydrogen-bond donors (Lipinski definition) is 1. The second-order valence-corrected chi connectivity index (χ2v) is 8.00. The van der Waals surface area contributed by atoms with Crippen molar-refractivity contribution in [3.8, 4) is 11.5 Å². The van der Waals surface area contributed by atoms with E-state index >= 15 is 0 Å². The summed E-state index contributed by atoms with van der Waals surface area (Å²) in [6.07, 6.45) is -0.375. The first-order chi connectivity index (χ1) is 15.0. The standard InChI is InChI=1S/C24H18ClNO5/c25-17-8-5-15(6-9-17)13-26-19-4-2-1-3-18(19)24(29,23(26)28)12-20(27)16-7-10-21-22(11-16)31-14-30-21/h1-11,29H,12-14H2/t24-/m1/s1. The molecule has 5 rings (SSSR count). The van der Waals surface area contributed by atoms with Crippen molar-refractivity contribution >= 4 is 29.0 Å². The maximum Gasteiger partial charge on any atom is 0.264 e. The number of benzene rings is 3. The summed E-state index contributed by atoms with van der Waals surface area (Å²) in [7, 11) is 0. The van der Waals surface area contributed by atoms with Gasteiger partial charge in [0.15, 0.2) is 22.9 Å². The molecule has 31 heavy (non-hydrogen) atoms. The molecule has 0 fully saturated rings. The molecule has 2 aliphatic heterocycles. The topological polar surface area (TPSA) is 76.1 Å². The molecule has 1 amide bonds. The van der Waals surface area contributed by atoms with Crippen LogP contribution in [0, 0.1) is 0 Å². The van der Waals surface area contributed by atoms with Gasteiger partial charge in [0.1, 0.15) is 0 Å². The number of fused-ring (bicyclic) bond motifs is 2. The first-order valence-corrected chi connectivity index (χ1v) is 10.1. The van der Waals surface area contributed by atoms with Crippen molar-refractivity contribution in [2.75, 3.05) is 11.7 Å². The summed E-state index contributed by atoms with van der Waals surface area (Å²) < 4.78 is 10.6. The summed E-state index contributed by atoms with van der Waals surface area (Å²) in [5.74, 6) is 0.141. The number of carbonyl (C=O) groups is 2. The van der Waals surface area contributed by atoms with Crippen LogP contribution in [-0.2, 0) is 16.9 Å². The van der Waals surface area contributed by atoms with E-state index in [1.807, 2.05) is 12.1 Å². The maximum atomic E-state index is 13.4. The van der Waals surface area contributed by atoms with Crippen molar-refractivity contribution in [3.63, 3.8) is 0 Å². The van der Waals surface area contributed by atoms with Gasteiger partial charge in [-0.3, -0.25) is 9.59 Å². The molecular formula is C24H18ClNO5. The highest BCUT2D eigenvalue weighted by Crippen LogP contribution is 2.44. The Morgan fingerprint density at radius 2 is 1.77 bits per heavy atom. The lowest BCUT2D eigenvalue weighted by molar-refractivity contribution is -0.136. The fourth-order valence-corrected chi connectivity index (χ4v) is 4.14. The van der Waals surface area contributed by atoms with Crippen molar-refractivity contribution in [2.45, 2.75) is 18.6 Å². The van der Waals surface area contributed by atoms with Crippen molar-refractivity contribution < 1.29 is 24.2 Å². The Morgan fingerprint density at radius 3 is 2.58 bits per heavy atom. The van der Waals surface area contributed by atoms with Gasteiger partial charge in [-0.1, -0.05) is 41.9 Å². The molecule has 0 saturated heterocycles. The average molecular weight is 436 g/mol. The molecule has 7 heteroatoms. The minimum absolute atomic E-state index is 0.0996. The van der Waals surface area contributed by atoms with E-state index in [-0.39, 0.29) is 25.5 Å². The van der Waals surface area contributed by atoms with Crippen LogP contribution in [0.5, 0.6) is 11.5 Å². The third kappa shape index (κ3) is 3.34. The molecule has 3 aromatic carbocycles. The number of anilines is 1. The Labute approximate surface area is 183 Å². The van der Waals surface area contributed by atoms with Crippen molar-refractivity contribution in [2.24, 2.45) is 0 Å². The van der Waals surface area contributed by atoms with Crippen LogP contribution < -0.4 is 14.4 Å². The Kier molecular flexibility index (Phi) is 4.68. The molecule has 6 nitrogen and oxygen atoms in total. The molecule has 1 N–H and O–H groups in total. The number of carbonyl (C=O) groups excluding carboxylic acids is 2. The van der Waals surface area contributed by atoms with Gasteiger partial charge in [-0.05, 0) is 42.0 Å². The van der Waals surface area contributed by atoms with Crippen LogP contribution >= 0.6 is 11.6 Å². The molecule has 156 valence electrons. The van der Waals surface area contributed by atoms with E-state index in [0.717, 1.165) is 5.56 Å². The third-order valence-corrected chi connectivity index (χ3v) is 5.86. The maximum absolute atomic E-state index is 13.4. The molecule has 2 heterocycles. The number of hydrogen-bond acceptors (Lipinski definition) is 5. The lowest BCUT2D eigenvalue weighted by atomic mass is 9.88. The van der Waals surface area contributed by atoms with Gasteiger partial charge in [0.2, 0.25) is 6.79 Å². The zero-order chi connectivity index (χ0) is 21.6. The van der Waals surface area contributed by atoms with Crippen LogP contribution in [-0.4, -0.2) is 23.6 Å². The first kappa shape index (κ1) is 19.6. The Bertz CT molecular complexity index is 1190. The Balaban J connectivity index is 1.45. The summed E-state index contributed by atoms with van der Waals surface area (Å²) in [5, 5.41) is 12.0. The van der Waals surface area contributed by atoms with Gasteiger partial charge in [-0.25, -0.2) is 0 Å². The van der Waals surface area contributed by atoms with Crippen molar-refractivity contribution in [1.82, 2.24) is 0 Å². The van der Waals surface area contributed by atoms with Gasteiger partial charge >= 0.3 is 0 Å². The van der Waals surface area contributed by atoms with Gasteiger partial charge < -0.3 is 19.5 Å². The van der Waals surface area contributed by atoms with E-state index in [9.17, 15) is 14.7 Å². The zero-order valence-corrected chi connectivity index (χ0v) is 17.1.